The van der Waals surface area contributed by atoms with Gasteiger partial charge in [0.1, 0.15) is 5.82 Å². The lowest BCUT2D eigenvalue weighted by molar-refractivity contribution is 1.28. The molecule has 0 aliphatic carbocycles. The van der Waals surface area contributed by atoms with Gasteiger partial charge in [-0.2, -0.15) is 0 Å². The summed E-state index contributed by atoms with van der Waals surface area (Å²) in [7, 11) is 0. The van der Waals surface area contributed by atoms with Crippen molar-refractivity contribution in [2.45, 2.75) is 0 Å². The Morgan fingerprint density at radius 2 is 1.83 bits per heavy atom. The predicted octanol–water partition coefficient (Wildman–Crippen LogP) is 2.17. The fourth-order valence-corrected chi connectivity index (χ4v) is 1.93. The van der Waals surface area contributed by atoms with Crippen molar-refractivity contribution >= 4 is 16.9 Å². The van der Waals surface area contributed by atoms with Gasteiger partial charge in [0.2, 0.25) is 0 Å². The summed E-state index contributed by atoms with van der Waals surface area (Å²) in [6.45, 7) is 0. The molecule has 3 aromatic rings. The molecule has 1 aromatic carbocycles. The van der Waals surface area contributed by atoms with Crippen molar-refractivity contribution in [3.8, 4) is 11.1 Å². The number of benzene rings is 1. The first-order valence-electron chi connectivity index (χ1n) is 5.59. The highest BCUT2D eigenvalue weighted by atomic mass is 16.1. The first-order chi connectivity index (χ1) is 8.74. The zero-order valence-corrected chi connectivity index (χ0v) is 9.55. The highest BCUT2D eigenvalue weighted by Crippen LogP contribution is 2.18. The molecule has 0 unspecified atom stereocenters. The average molecular weight is 237 g/mol. The number of hydrogen-bond donors (Lipinski definition) is 2. The summed E-state index contributed by atoms with van der Waals surface area (Å²) in [4.78, 5) is 19.0. The molecule has 2 heterocycles. The second kappa shape index (κ2) is 4.00. The Balaban J connectivity index is 2.31. The molecule has 4 nitrogen and oxygen atoms in total. The molecule has 0 saturated carbocycles. The number of nitrogens with two attached hydrogens (primary N) is 1. The second-order valence-corrected chi connectivity index (χ2v) is 4.05. The Labute approximate surface area is 103 Å². The van der Waals surface area contributed by atoms with Crippen molar-refractivity contribution in [1.82, 2.24) is 9.97 Å². The van der Waals surface area contributed by atoms with Gasteiger partial charge in [-0.1, -0.05) is 30.3 Å². The van der Waals surface area contributed by atoms with Crippen LogP contribution in [0.5, 0.6) is 0 Å². The summed E-state index contributed by atoms with van der Waals surface area (Å²) >= 11 is 0. The number of aromatic amines is 1. The number of anilines is 1. The highest BCUT2D eigenvalue weighted by molar-refractivity contribution is 5.81. The maximum absolute atomic E-state index is 12.0. The van der Waals surface area contributed by atoms with Crippen molar-refractivity contribution in [2.75, 3.05) is 5.73 Å². The van der Waals surface area contributed by atoms with E-state index >= 15 is 0 Å². The number of rotatable bonds is 1. The minimum atomic E-state index is -0.125. The minimum Gasteiger partial charge on any atom is -0.384 e. The third-order valence-corrected chi connectivity index (χ3v) is 2.80. The Hall–Kier alpha value is -2.62. The monoisotopic (exact) mass is 237 g/mol. The number of pyridine rings is 2. The number of H-pyrrole nitrogens is 1. The third kappa shape index (κ3) is 1.73. The van der Waals surface area contributed by atoms with Crippen LogP contribution in [0.2, 0.25) is 0 Å². The van der Waals surface area contributed by atoms with Crippen LogP contribution in [0.15, 0.2) is 53.3 Å². The van der Waals surface area contributed by atoms with Crippen LogP contribution < -0.4 is 11.3 Å². The molecule has 88 valence electrons. The molecule has 0 spiro atoms. The van der Waals surface area contributed by atoms with E-state index in [0.717, 1.165) is 5.56 Å². The SMILES string of the molecule is Nc1ccc2[nH]c(=O)c(-c3ccccc3)cc2n1. The minimum absolute atomic E-state index is 0.125. The number of nitrogens with zero attached hydrogens (tertiary/aromatic N) is 1. The van der Waals surface area contributed by atoms with Crippen molar-refractivity contribution < 1.29 is 0 Å². The van der Waals surface area contributed by atoms with Crippen molar-refractivity contribution in [3.05, 3.63) is 58.9 Å². The largest absolute Gasteiger partial charge is 0.384 e. The Bertz CT molecular complexity index is 763. The van der Waals surface area contributed by atoms with E-state index in [0.29, 0.717) is 22.4 Å². The van der Waals surface area contributed by atoms with Gasteiger partial charge in [-0.25, -0.2) is 4.98 Å². The molecule has 3 N–H and O–H groups in total. The van der Waals surface area contributed by atoms with Crippen LogP contribution in [-0.2, 0) is 0 Å². The van der Waals surface area contributed by atoms with E-state index in [4.69, 9.17) is 5.73 Å². The van der Waals surface area contributed by atoms with Crippen LogP contribution in [0, 0.1) is 0 Å². The lowest BCUT2D eigenvalue weighted by Crippen LogP contribution is -2.09. The Morgan fingerprint density at radius 1 is 1.06 bits per heavy atom. The van der Waals surface area contributed by atoms with E-state index in [1.54, 1.807) is 18.2 Å². The molecule has 3 rings (SSSR count). The van der Waals surface area contributed by atoms with Gasteiger partial charge in [-0.05, 0) is 23.8 Å². The molecular formula is C14H11N3O. The summed E-state index contributed by atoms with van der Waals surface area (Å²) < 4.78 is 0. The maximum atomic E-state index is 12.0. The third-order valence-electron chi connectivity index (χ3n) is 2.80. The van der Waals surface area contributed by atoms with Crippen molar-refractivity contribution in [1.29, 1.82) is 0 Å². The van der Waals surface area contributed by atoms with Gasteiger partial charge < -0.3 is 10.7 Å². The lowest BCUT2D eigenvalue weighted by atomic mass is 10.1. The molecule has 0 fully saturated rings. The number of aromatic nitrogens is 2. The van der Waals surface area contributed by atoms with E-state index in [1.165, 1.54) is 0 Å². The average Bonchev–Trinajstić information content (AvgIpc) is 2.39. The molecular weight excluding hydrogens is 226 g/mol. The quantitative estimate of drug-likeness (QED) is 0.681. The van der Waals surface area contributed by atoms with Gasteiger partial charge in [0.25, 0.3) is 5.56 Å². The van der Waals surface area contributed by atoms with Crippen LogP contribution in [0.3, 0.4) is 0 Å². The zero-order chi connectivity index (χ0) is 12.5. The van der Waals surface area contributed by atoms with Crippen molar-refractivity contribution in [3.63, 3.8) is 0 Å². The maximum Gasteiger partial charge on any atom is 0.256 e. The standard InChI is InChI=1S/C14H11N3O/c15-13-7-6-11-12(16-13)8-10(14(18)17-11)9-4-2-1-3-5-9/h1-8H,(H2,15,16)(H,17,18). The molecule has 0 atom stereocenters. The van der Waals surface area contributed by atoms with Crippen LogP contribution in [0.25, 0.3) is 22.2 Å². The molecule has 0 saturated heterocycles. The number of hydrogen-bond acceptors (Lipinski definition) is 3. The summed E-state index contributed by atoms with van der Waals surface area (Å²) in [6, 6.07) is 14.7. The normalized spacial score (nSPS) is 10.7. The van der Waals surface area contributed by atoms with E-state index in [2.05, 4.69) is 9.97 Å². The van der Waals surface area contributed by atoms with Gasteiger partial charge >= 0.3 is 0 Å². The molecule has 2 aromatic heterocycles. The highest BCUT2D eigenvalue weighted by Gasteiger charge is 2.05. The summed E-state index contributed by atoms with van der Waals surface area (Å²) in [5.41, 5.74) is 8.36. The molecule has 0 bridgehead atoms. The van der Waals surface area contributed by atoms with E-state index < -0.39 is 0 Å². The first kappa shape index (κ1) is 10.5. The molecule has 4 heteroatoms. The number of nitrogens with one attached hydrogen (secondary N) is 1. The number of fused-ring (bicyclic) bond motifs is 1. The van der Waals surface area contributed by atoms with Crippen LogP contribution in [0.4, 0.5) is 5.82 Å². The van der Waals surface area contributed by atoms with Crippen LogP contribution in [-0.4, -0.2) is 9.97 Å². The van der Waals surface area contributed by atoms with E-state index in [1.807, 2.05) is 30.3 Å². The van der Waals surface area contributed by atoms with Gasteiger partial charge in [0, 0.05) is 5.56 Å². The number of nitrogen functional groups attached to an aromatic ring is 1. The van der Waals surface area contributed by atoms with Gasteiger partial charge in [0.05, 0.1) is 11.0 Å². The molecule has 0 aliphatic rings. The molecule has 0 aliphatic heterocycles. The van der Waals surface area contributed by atoms with Crippen LogP contribution in [0.1, 0.15) is 0 Å². The van der Waals surface area contributed by atoms with Gasteiger partial charge in [-0.3, -0.25) is 4.79 Å². The Kier molecular flexibility index (Phi) is 2.34. The second-order valence-electron chi connectivity index (χ2n) is 4.05. The summed E-state index contributed by atoms with van der Waals surface area (Å²) in [5.74, 6) is 0.438. The fraction of sp³-hybridized carbons (Fsp3) is 0. The molecule has 0 amide bonds. The smallest absolute Gasteiger partial charge is 0.256 e. The Morgan fingerprint density at radius 3 is 2.61 bits per heavy atom. The summed E-state index contributed by atoms with van der Waals surface area (Å²) in [6.07, 6.45) is 0. The van der Waals surface area contributed by atoms with Gasteiger partial charge in [0.15, 0.2) is 0 Å². The lowest BCUT2D eigenvalue weighted by Gasteiger charge is -2.03. The molecule has 18 heavy (non-hydrogen) atoms. The fourth-order valence-electron chi connectivity index (χ4n) is 1.93. The first-order valence-corrected chi connectivity index (χ1v) is 5.59. The van der Waals surface area contributed by atoms with Crippen molar-refractivity contribution in [2.24, 2.45) is 0 Å². The van der Waals surface area contributed by atoms with Gasteiger partial charge in [-0.15, -0.1) is 0 Å². The van der Waals surface area contributed by atoms with Crippen LogP contribution >= 0.6 is 0 Å². The predicted molar refractivity (Wildman–Crippen MR) is 72.2 cm³/mol. The molecule has 0 radical (unpaired) electrons. The zero-order valence-electron chi connectivity index (χ0n) is 9.55. The summed E-state index contributed by atoms with van der Waals surface area (Å²) in [5, 5.41) is 0. The van der Waals surface area contributed by atoms with E-state index in [9.17, 15) is 4.79 Å². The van der Waals surface area contributed by atoms with E-state index in [-0.39, 0.29) is 5.56 Å². The topological polar surface area (TPSA) is 71.8 Å².